The number of rotatable bonds is 4. The predicted molar refractivity (Wildman–Crippen MR) is 130 cm³/mol. The summed E-state index contributed by atoms with van der Waals surface area (Å²) in [5, 5.41) is 9.21. The normalized spacial score (nSPS) is 16.9. The van der Waals surface area contributed by atoms with Crippen molar-refractivity contribution in [3.8, 4) is 11.4 Å². The molecule has 3 heterocycles. The molecule has 2 aromatic heterocycles. The van der Waals surface area contributed by atoms with Crippen molar-refractivity contribution < 1.29 is 22.7 Å². The first-order chi connectivity index (χ1) is 17.2. The maximum absolute atomic E-state index is 14.2. The molecule has 0 saturated carbocycles. The van der Waals surface area contributed by atoms with Gasteiger partial charge in [0.2, 0.25) is 0 Å². The summed E-state index contributed by atoms with van der Waals surface area (Å²) in [5.41, 5.74) is 0.957. The monoisotopic (exact) mass is 536 g/mol. The van der Waals surface area contributed by atoms with Crippen molar-refractivity contribution in [3.05, 3.63) is 59.4 Å². The third-order valence-electron chi connectivity index (χ3n) is 5.98. The Kier molecular flexibility index (Phi) is 6.47. The van der Waals surface area contributed by atoms with Crippen molar-refractivity contribution in [2.45, 2.75) is 18.6 Å². The number of anilines is 1. The van der Waals surface area contributed by atoms with Gasteiger partial charge in [-0.1, -0.05) is 22.9 Å². The van der Waals surface area contributed by atoms with E-state index < -0.39 is 18.1 Å². The van der Waals surface area contributed by atoms with Gasteiger partial charge in [-0.15, -0.1) is 0 Å². The van der Waals surface area contributed by atoms with Gasteiger partial charge in [-0.05, 0) is 42.8 Å². The Bertz CT molecular complexity index is 1390. The first-order valence-corrected chi connectivity index (χ1v) is 12.2. The minimum atomic E-state index is -4.62. The molecule has 1 amide bonds. The number of nitrogens with zero attached hydrogens (tertiary/aromatic N) is 6. The number of ether oxygens (including phenoxy) is 1. The van der Waals surface area contributed by atoms with E-state index in [2.05, 4.69) is 15.2 Å². The van der Waals surface area contributed by atoms with E-state index in [-0.39, 0.29) is 37.3 Å². The number of benzene rings is 2. The smallest absolute Gasteiger partial charge is 0.408 e. The molecular weight excluding hydrogens is 517 g/mol. The number of hydrogen-bond donors (Lipinski definition) is 0. The van der Waals surface area contributed by atoms with E-state index in [0.29, 0.717) is 21.4 Å². The number of amides is 1. The highest BCUT2D eigenvalue weighted by atomic mass is 35.5. The number of alkyl halides is 3. The van der Waals surface area contributed by atoms with Crippen LogP contribution in [0.5, 0.6) is 5.75 Å². The molecule has 0 unspecified atom stereocenters. The van der Waals surface area contributed by atoms with Crippen LogP contribution in [0.2, 0.25) is 5.02 Å². The Morgan fingerprint density at radius 1 is 1.11 bits per heavy atom. The molecule has 4 aromatic rings. The van der Waals surface area contributed by atoms with Gasteiger partial charge < -0.3 is 14.5 Å². The number of hydrogen-bond acceptors (Lipinski definition) is 7. The van der Waals surface area contributed by atoms with Crippen molar-refractivity contribution in [1.29, 1.82) is 0 Å². The van der Waals surface area contributed by atoms with Crippen LogP contribution in [0, 0.1) is 0 Å². The molecule has 0 aliphatic carbocycles. The minimum absolute atomic E-state index is 0.0166. The summed E-state index contributed by atoms with van der Waals surface area (Å²) in [6.07, 6.45) is -2.07. The van der Waals surface area contributed by atoms with Crippen LogP contribution in [-0.2, 0) is 0 Å². The summed E-state index contributed by atoms with van der Waals surface area (Å²) < 4.78 is 48.8. The quantitative estimate of drug-likeness (QED) is 0.372. The van der Waals surface area contributed by atoms with Gasteiger partial charge in [-0.2, -0.15) is 28.2 Å². The third-order valence-corrected chi connectivity index (χ3v) is 7.31. The lowest BCUT2D eigenvalue weighted by atomic mass is 10.1. The zero-order valence-electron chi connectivity index (χ0n) is 18.9. The topological polar surface area (TPSA) is 76.4 Å². The van der Waals surface area contributed by atoms with Crippen LogP contribution in [0.1, 0.15) is 16.8 Å². The van der Waals surface area contributed by atoms with E-state index in [9.17, 15) is 18.0 Å². The molecule has 0 N–H and O–H groups in total. The van der Waals surface area contributed by atoms with Gasteiger partial charge in [0, 0.05) is 24.7 Å². The molecule has 1 aliphatic heterocycles. The average molecular weight is 537 g/mol. The second-order valence-electron chi connectivity index (χ2n) is 8.14. The minimum Gasteiger partial charge on any atom is -0.497 e. The van der Waals surface area contributed by atoms with Crippen LogP contribution in [0.3, 0.4) is 0 Å². The Hall–Kier alpha value is -3.38. The van der Waals surface area contributed by atoms with Crippen LogP contribution in [0.25, 0.3) is 15.9 Å². The third kappa shape index (κ3) is 4.70. The first kappa shape index (κ1) is 24.3. The molecule has 188 valence electrons. The van der Waals surface area contributed by atoms with Crippen molar-refractivity contribution in [3.63, 3.8) is 0 Å². The number of fused-ring (bicyclic) bond motifs is 1. The zero-order valence-corrected chi connectivity index (χ0v) is 20.5. The molecule has 2 aromatic carbocycles. The highest BCUT2D eigenvalue weighted by molar-refractivity contribution is 7.22. The van der Waals surface area contributed by atoms with E-state index in [4.69, 9.17) is 16.3 Å². The molecule has 1 atom stereocenters. The number of halogens is 4. The molecule has 5 rings (SSSR count). The summed E-state index contributed by atoms with van der Waals surface area (Å²) in [4.78, 5) is 22.1. The summed E-state index contributed by atoms with van der Waals surface area (Å²) in [5.74, 6) is -0.441. The molecule has 0 spiro atoms. The Labute approximate surface area is 212 Å². The van der Waals surface area contributed by atoms with Gasteiger partial charge in [-0.3, -0.25) is 4.79 Å². The summed E-state index contributed by atoms with van der Waals surface area (Å²) in [7, 11) is 1.42. The first-order valence-electron chi connectivity index (χ1n) is 11.0. The van der Waals surface area contributed by atoms with Crippen molar-refractivity contribution >= 4 is 44.2 Å². The fourth-order valence-corrected chi connectivity index (χ4v) is 5.38. The average Bonchev–Trinajstić information content (AvgIpc) is 3.47. The van der Waals surface area contributed by atoms with Gasteiger partial charge in [0.1, 0.15) is 11.8 Å². The molecule has 1 fully saturated rings. The van der Waals surface area contributed by atoms with E-state index >= 15 is 0 Å². The van der Waals surface area contributed by atoms with Crippen LogP contribution in [0.4, 0.5) is 18.3 Å². The molecule has 1 saturated heterocycles. The van der Waals surface area contributed by atoms with E-state index in [0.717, 1.165) is 9.60 Å². The van der Waals surface area contributed by atoms with Gasteiger partial charge >= 0.3 is 6.18 Å². The second kappa shape index (κ2) is 9.58. The van der Waals surface area contributed by atoms with Gasteiger partial charge in [0.15, 0.2) is 5.13 Å². The Morgan fingerprint density at radius 3 is 2.61 bits per heavy atom. The number of thiazole rings is 1. The maximum Gasteiger partial charge on any atom is 0.408 e. The second-order valence-corrected chi connectivity index (χ2v) is 9.59. The zero-order chi connectivity index (χ0) is 25.4. The standard InChI is InChI=1S/C23H20ClF3N6O2S/c1-35-15-3-4-18(33-28-7-8-29-33)16(13-15)21(34)32-11-10-31(9-6-20(32)23(25,26)27)22-30-17-12-14(24)2-5-19(17)36-22/h2-5,7-8,12-13,20H,6,9-11H2,1H3/t20-/m0/s1. The highest BCUT2D eigenvalue weighted by Gasteiger charge is 2.47. The number of carbonyl (C=O) groups is 1. The molecule has 0 radical (unpaired) electrons. The largest absolute Gasteiger partial charge is 0.497 e. The van der Waals surface area contributed by atoms with Crippen molar-refractivity contribution in [1.82, 2.24) is 24.9 Å². The lowest BCUT2D eigenvalue weighted by molar-refractivity contribution is -0.176. The Morgan fingerprint density at radius 2 is 1.89 bits per heavy atom. The van der Waals surface area contributed by atoms with Crippen molar-refractivity contribution in [2.24, 2.45) is 0 Å². The van der Waals surface area contributed by atoms with E-state index in [1.54, 1.807) is 29.2 Å². The number of methoxy groups -OCH3 is 1. The van der Waals surface area contributed by atoms with Gasteiger partial charge in [0.05, 0.1) is 41.0 Å². The van der Waals surface area contributed by atoms with Crippen LogP contribution < -0.4 is 9.64 Å². The van der Waals surface area contributed by atoms with Crippen LogP contribution >= 0.6 is 22.9 Å². The number of aromatic nitrogens is 4. The predicted octanol–water partition coefficient (Wildman–Crippen LogP) is 4.82. The van der Waals surface area contributed by atoms with Crippen LogP contribution in [-0.4, -0.2) is 69.7 Å². The SMILES string of the molecule is COc1ccc(-n2nccn2)c(C(=O)N2CCN(c3nc4cc(Cl)ccc4s3)CC[C@H]2C(F)(F)F)c1. The molecule has 8 nitrogen and oxygen atoms in total. The van der Waals surface area contributed by atoms with Gasteiger partial charge in [0.25, 0.3) is 5.91 Å². The van der Waals surface area contributed by atoms with E-state index in [1.165, 1.54) is 41.7 Å². The summed E-state index contributed by atoms with van der Waals surface area (Å²) >= 11 is 7.43. The Balaban J connectivity index is 1.49. The summed E-state index contributed by atoms with van der Waals surface area (Å²) in [6, 6.07) is 7.88. The molecule has 13 heteroatoms. The fraction of sp³-hybridized carbons (Fsp3) is 0.304. The lowest BCUT2D eigenvalue weighted by Crippen LogP contribution is -2.49. The maximum atomic E-state index is 14.2. The van der Waals surface area contributed by atoms with Crippen LogP contribution in [0.15, 0.2) is 48.8 Å². The fourth-order valence-electron chi connectivity index (χ4n) is 4.21. The lowest BCUT2D eigenvalue weighted by Gasteiger charge is -2.31. The number of carbonyl (C=O) groups excluding carboxylic acids is 1. The molecule has 1 aliphatic rings. The molecular formula is C23H20ClF3N6O2S. The molecule has 0 bridgehead atoms. The molecule has 36 heavy (non-hydrogen) atoms. The van der Waals surface area contributed by atoms with E-state index in [1.807, 2.05) is 6.07 Å². The van der Waals surface area contributed by atoms with Crippen molar-refractivity contribution in [2.75, 3.05) is 31.6 Å². The summed E-state index contributed by atoms with van der Waals surface area (Å²) in [6.45, 7) is 0.126. The van der Waals surface area contributed by atoms with Gasteiger partial charge in [-0.25, -0.2) is 4.98 Å². The highest BCUT2D eigenvalue weighted by Crippen LogP contribution is 2.35.